The number of thiazole rings is 1. The third kappa shape index (κ3) is 5.50. The highest BCUT2D eigenvalue weighted by molar-refractivity contribution is 9.10. The second-order valence-corrected chi connectivity index (χ2v) is 8.23. The van der Waals surface area contributed by atoms with Gasteiger partial charge in [0.25, 0.3) is 0 Å². The number of carbonyl (C=O) groups is 2. The molecule has 3 aromatic rings. The van der Waals surface area contributed by atoms with Crippen LogP contribution in [-0.2, 0) is 9.59 Å². The van der Waals surface area contributed by atoms with Gasteiger partial charge in [-0.1, -0.05) is 57.9 Å². The van der Waals surface area contributed by atoms with E-state index in [1.165, 1.54) is 18.3 Å². The van der Waals surface area contributed by atoms with E-state index in [0.29, 0.717) is 5.13 Å². The second kappa shape index (κ2) is 9.12. The summed E-state index contributed by atoms with van der Waals surface area (Å²) in [7, 11) is 0. The Bertz CT molecular complexity index is 968. The number of nitrogens with one attached hydrogen (secondary N) is 2. The summed E-state index contributed by atoms with van der Waals surface area (Å²) in [5.41, 5.74) is 3.81. The molecule has 0 aliphatic heterocycles. The summed E-state index contributed by atoms with van der Waals surface area (Å²) in [5.74, 6) is -0.374. The Hall–Kier alpha value is -2.51. The van der Waals surface area contributed by atoms with Gasteiger partial charge >= 0.3 is 0 Å². The van der Waals surface area contributed by atoms with Crippen LogP contribution in [0.4, 0.5) is 5.13 Å². The molecule has 2 amide bonds. The summed E-state index contributed by atoms with van der Waals surface area (Å²) in [5, 5.41) is 8.13. The molecule has 7 heteroatoms. The molecule has 0 fully saturated rings. The van der Waals surface area contributed by atoms with E-state index in [-0.39, 0.29) is 24.3 Å². The van der Waals surface area contributed by atoms with Crippen LogP contribution < -0.4 is 10.6 Å². The van der Waals surface area contributed by atoms with Gasteiger partial charge in [0.1, 0.15) is 0 Å². The number of carbonyl (C=O) groups excluding carboxylic acids is 2. The lowest BCUT2D eigenvalue weighted by Crippen LogP contribution is -2.29. The Morgan fingerprint density at radius 2 is 1.79 bits per heavy atom. The van der Waals surface area contributed by atoms with Crippen LogP contribution in [0, 0.1) is 6.92 Å². The summed E-state index contributed by atoms with van der Waals surface area (Å²) >= 11 is 4.79. The number of hydrogen-bond donors (Lipinski definition) is 2. The average Bonchev–Trinajstić information content (AvgIpc) is 3.10. The number of hydrogen-bond acceptors (Lipinski definition) is 4. The van der Waals surface area contributed by atoms with E-state index in [4.69, 9.17) is 0 Å². The minimum absolute atomic E-state index is 0.135. The maximum atomic E-state index is 12.5. The lowest BCUT2D eigenvalue weighted by molar-refractivity contribution is -0.120. The van der Waals surface area contributed by atoms with E-state index in [1.54, 1.807) is 0 Å². The maximum absolute atomic E-state index is 12.5. The summed E-state index contributed by atoms with van der Waals surface area (Å²) in [6.45, 7) is 3.44. The van der Waals surface area contributed by atoms with Crippen LogP contribution in [0.2, 0.25) is 0 Å². The zero-order valence-electron chi connectivity index (χ0n) is 15.5. The standard InChI is InChI=1S/C21H20BrN3O2S/c1-13-3-5-15(6-4-13)18(23-14(2)26)11-20(27)25-21-24-19(12-28-21)16-7-9-17(22)10-8-16/h3-10,12,18H,11H2,1-2H3,(H,23,26)(H,24,25,27). The van der Waals surface area contributed by atoms with Crippen molar-refractivity contribution in [2.75, 3.05) is 5.32 Å². The van der Waals surface area contributed by atoms with E-state index < -0.39 is 0 Å². The molecule has 28 heavy (non-hydrogen) atoms. The van der Waals surface area contributed by atoms with Gasteiger partial charge in [0, 0.05) is 22.3 Å². The molecule has 0 bridgehead atoms. The molecule has 0 radical (unpaired) electrons. The number of halogens is 1. The first-order valence-corrected chi connectivity index (χ1v) is 10.4. The second-order valence-electron chi connectivity index (χ2n) is 6.46. The maximum Gasteiger partial charge on any atom is 0.228 e. The van der Waals surface area contributed by atoms with E-state index in [9.17, 15) is 9.59 Å². The van der Waals surface area contributed by atoms with Gasteiger partial charge in [-0.25, -0.2) is 4.98 Å². The van der Waals surface area contributed by atoms with Crippen LogP contribution in [0.5, 0.6) is 0 Å². The summed E-state index contributed by atoms with van der Waals surface area (Å²) in [6.07, 6.45) is 0.135. The van der Waals surface area contributed by atoms with Gasteiger partial charge in [-0.15, -0.1) is 11.3 Å². The van der Waals surface area contributed by atoms with Crippen molar-refractivity contribution in [3.8, 4) is 11.3 Å². The van der Waals surface area contributed by atoms with Gasteiger partial charge in [-0.3, -0.25) is 9.59 Å². The molecule has 2 aromatic carbocycles. The molecule has 1 heterocycles. The van der Waals surface area contributed by atoms with Crippen LogP contribution in [0.3, 0.4) is 0 Å². The number of benzene rings is 2. The molecule has 0 saturated heterocycles. The zero-order chi connectivity index (χ0) is 20.1. The largest absolute Gasteiger partial charge is 0.349 e. The molecule has 144 valence electrons. The summed E-state index contributed by atoms with van der Waals surface area (Å²) in [4.78, 5) is 28.6. The van der Waals surface area contributed by atoms with E-state index in [1.807, 2.05) is 60.8 Å². The van der Waals surface area contributed by atoms with Crippen LogP contribution in [0.15, 0.2) is 58.4 Å². The SMILES string of the molecule is CC(=O)NC(CC(=O)Nc1nc(-c2ccc(Br)cc2)cs1)c1ccc(C)cc1. The van der Waals surface area contributed by atoms with Gasteiger partial charge in [-0.05, 0) is 24.6 Å². The smallest absolute Gasteiger partial charge is 0.228 e. The minimum Gasteiger partial charge on any atom is -0.349 e. The molecule has 2 N–H and O–H groups in total. The molecule has 3 rings (SSSR count). The fourth-order valence-corrected chi connectivity index (χ4v) is 3.74. The Balaban J connectivity index is 1.68. The molecule has 1 atom stereocenters. The van der Waals surface area contributed by atoms with Crippen LogP contribution >= 0.6 is 27.3 Å². The normalized spacial score (nSPS) is 11.7. The molecule has 0 aliphatic rings. The van der Waals surface area contributed by atoms with Gasteiger partial charge in [0.2, 0.25) is 11.8 Å². The monoisotopic (exact) mass is 457 g/mol. The molecule has 1 unspecified atom stereocenters. The highest BCUT2D eigenvalue weighted by atomic mass is 79.9. The Kier molecular flexibility index (Phi) is 6.59. The lowest BCUT2D eigenvalue weighted by Gasteiger charge is -2.18. The van der Waals surface area contributed by atoms with Crippen molar-refractivity contribution in [3.63, 3.8) is 0 Å². The highest BCUT2D eigenvalue weighted by Gasteiger charge is 2.18. The van der Waals surface area contributed by atoms with Crippen LogP contribution in [0.25, 0.3) is 11.3 Å². The topological polar surface area (TPSA) is 71.1 Å². The third-order valence-electron chi connectivity index (χ3n) is 4.14. The zero-order valence-corrected chi connectivity index (χ0v) is 17.9. The molecular weight excluding hydrogens is 438 g/mol. The third-order valence-corrected chi connectivity index (χ3v) is 5.42. The number of aromatic nitrogens is 1. The molecular formula is C21H20BrN3O2S. The van der Waals surface area contributed by atoms with E-state index in [2.05, 4.69) is 31.5 Å². The Morgan fingerprint density at radius 3 is 2.43 bits per heavy atom. The van der Waals surface area contributed by atoms with Gasteiger partial charge in [-0.2, -0.15) is 0 Å². The molecule has 0 saturated carbocycles. The summed E-state index contributed by atoms with van der Waals surface area (Å²) in [6, 6.07) is 15.2. The van der Waals surface area contributed by atoms with Crippen LogP contribution in [-0.4, -0.2) is 16.8 Å². The van der Waals surface area contributed by atoms with Crippen molar-refractivity contribution in [2.24, 2.45) is 0 Å². The lowest BCUT2D eigenvalue weighted by atomic mass is 10.0. The number of aryl methyl sites for hydroxylation is 1. The van der Waals surface area contributed by atoms with Gasteiger partial charge in [0.05, 0.1) is 18.2 Å². The van der Waals surface area contributed by atoms with Crippen LogP contribution in [0.1, 0.15) is 30.5 Å². The number of amides is 2. The predicted molar refractivity (Wildman–Crippen MR) is 116 cm³/mol. The predicted octanol–water partition coefficient (Wildman–Crippen LogP) is 5.09. The number of rotatable bonds is 6. The number of anilines is 1. The van der Waals surface area contributed by atoms with Crippen molar-refractivity contribution >= 4 is 44.2 Å². The van der Waals surface area contributed by atoms with Crippen molar-refractivity contribution < 1.29 is 9.59 Å². The average molecular weight is 458 g/mol. The first-order chi connectivity index (χ1) is 13.4. The molecule has 5 nitrogen and oxygen atoms in total. The molecule has 0 aliphatic carbocycles. The molecule has 0 spiro atoms. The van der Waals surface area contributed by atoms with Crippen molar-refractivity contribution in [1.82, 2.24) is 10.3 Å². The van der Waals surface area contributed by atoms with E-state index >= 15 is 0 Å². The number of nitrogens with zero attached hydrogens (tertiary/aromatic N) is 1. The first-order valence-electron chi connectivity index (χ1n) is 8.75. The summed E-state index contributed by atoms with van der Waals surface area (Å²) < 4.78 is 1.00. The van der Waals surface area contributed by atoms with Crippen molar-refractivity contribution in [2.45, 2.75) is 26.3 Å². The van der Waals surface area contributed by atoms with Gasteiger partial charge < -0.3 is 10.6 Å². The highest BCUT2D eigenvalue weighted by Crippen LogP contribution is 2.27. The van der Waals surface area contributed by atoms with Crippen molar-refractivity contribution in [3.05, 3.63) is 69.5 Å². The van der Waals surface area contributed by atoms with Crippen molar-refractivity contribution in [1.29, 1.82) is 0 Å². The quantitative estimate of drug-likeness (QED) is 0.541. The fraction of sp³-hybridized carbons (Fsp3) is 0.190. The molecule has 1 aromatic heterocycles. The Labute approximate surface area is 176 Å². The minimum atomic E-state index is -0.385. The van der Waals surface area contributed by atoms with Gasteiger partial charge in [0.15, 0.2) is 5.13 Å². The fourth-order valence-electron chi connectivity index (χ4n) is 2.74. The first kappa shape index (κ1) is 20.2. The van der Waals surface area contributed by atoms with E-state index in [0.717, 1.165) is 26.9 Å². The Morgan fingerprint density at radius 1 is 1.11 bits per heavy atom.